The van der Waals surface area contributed by atoms with Crippen LogP contribution >= 0.6 is 0 Å². The van der Waals surface area contributed by atoms with E-state index in [1.165, 1.54) is 32.1 Å². The molecule has 2 heteroatoms. The second kappa shape index (κ2) is 3.55. The first-order chi connectivity index (χ1) is 5.17. The fraction of sp³-hybridized carbons (Fsp3) is 1.00. The maximum Gasteiger partial charge on any atom is 0.0611 e. The van der Waals surface area contributed by atoms with Crippen molar-refractivity contribution in [2.75, 3.05) is 6.61 Å². The van der Waals surface area contributed by atoms with Crippen LogP contribution in [-0.2, 0) is 0 Å². The van der Waals surface area contributed by atoms with E-state index < -0.39 is 0 Å². The Morgan fingerprint density at radius 2 is 1.91 bits per heavy atom. The Labute approximate surface area is 68.8 Å². The zero-order valence-corrected chi connectivity index (χ0v) is 7.34. The molecule has 0 saturated heterocycles. The van der Waals surface area contributed by atoms with Crippen molar-refractivity contribution >= 4 is 0 Å². The molecule has 2 nitrogen and oxygen atoms in total. The highest BCUT2D eigenvalue weighted by Crippen LogP contribution is 2.30. The third-order valence-electron chi connectivity index (χ3n) is 2.88. The van der Waals surface area contributed by atoms with Crippen molar-refractivity contribution in [3.05, 3.63) is 0 Å². The molecule has 0 spiro atoms. The molecule has 0 aliphatic heterocycles. The van der Waals surface area contributed by atoms with E-state index in [9.17, 15) is 0 Å². The molecule has 3 N–H and O–H groups in total. The lowest BCUT2D eigenvalue weighted by Crippen LogP contribution is -2.48. The van der Waals surface area contributed by atoms with Crippen LogP contribution in [0.25, 0.3) is 0 Å². The van der Waals surface area contributed by atoms with Crippen molar-refractivity contribution in [3.63, 3.8) is 0 Å². The van der Waals surface area contributed by atoms with Gasteiger partial charge in [-0.05, 0) is 25.7 Å². The number of hydrogen-bond acceptors (Lipinski definition) is 2. The van der Waals surface area contributed by atoms with Crippen LogP contribution in [0.4, 0.5) is 0 Å². The first-order valence-corrected chi connectivity index (χ1v) is 4.56. The number of aliphatic hydroxyl groups excluding tert-OH is 1. The number of hydrogen-bond donors (Lipinski definition) is 2. The molecule has 0 aromatic rings. The molecule has 0 bridgehead atoms. The van der Waals surface area contributed by atoms with Gasteiger partial charge >= 0.3 is 0 Å². The predicted molar refractivity (Wildman–Crippen MR) is 46.3 cm³/mol. The van der Waals surface area contributed by atoms with E-state index in [1.807, 2.05) is 6.92 Å². The minimum atomic E-state index is -0.333. The van der Waals surface area contributed by atoms with Gasteiger partial charge in [0.05, 0.1) is 6.61 Å². The molecule has 1 aliphatic rings. The highest BCUT2D eigenvalue weighted by molar-refractivity contribution is 4.87. The molecule has 1 rings (SSSR count). The van der Waals surface area contributed by atoms with Gasteiger partial charge in [-0.3, -0.25) is 0 Å². The molecular weight excluding hydrogens is 138 g/mol. The average Bonchev–Trinajstić information content (AvgIpc) is 2.06. The van der Waals surface area contributed by atoms with Crippen molar-refractivity contribution in [2.45, 2.75) is 44.6 Å². The van der Waals surface area contributed by atoms with Gasteiger partial charge < -0.3 is 10.8 Å². The van der Waals surface area contributed by atoms with E-state index in [4.69, 9.17) is 10.8 Å². The van der Waals surface area contributed by atoms with Gasteiger partial charge in [0.25, 0.3) is 0 Å². The predicted octanol–water partition coefficient (Wildman–Crippen LogP) is 1.28. The summed E-state index contributed by atoms with van der Waals surface area (Å²) in [6, 6.07) is 0. The maximum absolute atomic E-state index is 9.02. The Morgan fingerprint density at radius 1 is 1.36 bits per heavy atom. The molecule has 0 unspecified atom stereocenters. The number of rotatable bonds is 2. The van der Waals surface area contributed by atoms with E-state index in [0.717, 1.165) is 0 Å². The van der Waals surface area contributed by atoms with Crippen LogP contribution < -0.4 is 5.73 Å². The Morgan fingerprint density at radius 3 is 2.36 bits per heavy atom. The molecule has 1 fully saturated rings. The lowest BCUT2D eigenvalue weighted by atomic mass is 9.77. The van der Waals surface area contributed by atoms with Crippen LogP contribution in [0, 0.1) is 5.92 Å². The van der Waals surface area contributed by atoms with Crippen LogP contribution in [0.15, 0.2) is 0 Å². The van der Waals surface area contributed by atoms with Crippen molar-refractivity contribution in [2.24, 2.45) is 11.7 Å². The van der Waals surface area contributed by atoms with Crippen molar-refractivity contribution in [3.8, 4) is 0 Å². The van der Waals surface area contributed by atoms with E-state index in [-0.39, 0.29) is 12.1 Å². The third-order valence-corrected chi connectivity index (χ3v) is 2.88. The average molecular weight is 157 g/mol. The summed E-state index contributed by atoms with van der Waals surface area (Å²) < 4.78 is 0. The minimum Gasteiger partial charge on any atom is -0.394 e. The Kier molecular flexibility index (Phi) is 2.90. The fourth-order valence-corrected chi connectivity index (χ4v) is 1.89. The van der Waals surface area contributed by atoms with Gasteiger partial charge in [-0.15, -0.1) is 0 Å². The molecule has 0 radical (unpaired) electrons. The Balaban J connectivity index is 2.43. The topological polar surface area (TPSA) is 46.2 Å². The summed E-state index contributed by atoms with van der Waals surface area (Å²) in [6.07, 6.45) is 6.33. The molecule has 1 atom stereocenters. The normalized spacial score (nSPS) is 26.5. The smallest absolute Gasteiger partial charge is 0.0611 e. The number of nitrogens with two attached hydrogens (primary N) is 1. The summed E-state index contributed by atoms with van der Waals surface area (Å²) in [5.74, 6) is 0.543. The molecule has 0 heterocycles. The standard InChI is InChI=1S/C9H19NO/c1-9(10,7-11)8-5-3-2-4-6-8/h8,11H,2-7,10H2,1H3/t9-/m0/s1. The molecule has 1 aliphatic carbocycles. The molecule has 66 valence electrons. The van der Waals surface area contributed by atoms with Gasteiger partial charge in [-0.2, -0.15) is 0 Å². The second-order valence-electron chi connectivity index (χ2n) is 4.00. The first kappa shape index (κ1) is 9.01. The molecule has 1 saturated carbocycles. The quantitative estimate of drug-likeness (QED) is 0.634. The van der Waals surface area contributed by atoms with Crippen LogP contribution in [-0.4, -0.2) is 17.3 Å². The zero-order chi connectivity index (χ0) is 8.32. The van der Waals surface area contributed by atoms with Crippen molar-refractivity contribution in [1.82, 2.24) is 0 Å². The zero-order valence-electron chi connectivity index (χ0n) is 7.34. The summed E-state index contributed by atoms with van der Waals surface area (Å²) >= 11 is 0. The van der Waals surface area contributed by atoms with Gasteiger partial charge in [-0.1, -0.05) is 19.3 Å². The van der Waals surface area contributed by atoms with Gasteiger partial charge in [0.2, 0.25) is 0 Å². The molecule has 11 heavy (non-hydrogen) atoms. The highest BCUT2D eigenvalue weighted by Gasteiger charge is 2.30. The molecular formula is C9H19NO. The van der Waals surface area contributed by atoms with Crippen molar-refractivity contribution < 1.29 is 5.11 Å². The first-order valence-electron chi connectivity index (χ1n) is 4.56. The summed E-state index contributed by atoms with van der Waals surface area (Å²) in [5.41, 5.74) is 5.61. The Bertz CT molecular complexity index is 117. The van der Waals surface area contributed by atoms with Gasteiger partial charge in [0, 0.05) is 5.54 Å². The summed E-state index contributed by atoms with van der Waals surface area (Å²) in [5, 5.41) is 9.02. The molecule has 0 aromatic heterocycles. The second-order valence-corrected chi connectivity index (χ2v) is 4.00. The van der Waals surface area contributed by atoms with E-state index in [2.05, 4.69) is 0 Å². The van der Waals surface area contributed by atoms with Gasteiger partial charge in [0.1, 0.15) is 0 Å². The van der Waals surface area contributed by atoms with Crippen LogP contribution in [0.1, 0.15) is 39.0 Å². The fourth-order valence-electron chi connectivity index (χ4n) is 1.89. The highest BCUT2D eigenvalue weighted by atomic mass is 16.3. The van der Waals surface area contributed by atoms with E-state index in [0.29, 0.717) is 5.92 Å². The molecule has 0 aromatic carbocycles. The van der Waals surface area contributed by atoms with Gasteiger partial charge in [-0.25, -0.2) is 0 Å². The monoisotopic (exact) mass is 157 g/mol. The van der Waals surface area contributed by atoms with E-state index >= 15 is 0 Å². The summed E-state index contributed by atoms with van der Waals surface area (Å²) in [7, 11) is 0. The SMILES string of the molecule is C[C@](N)(CO)C1CCCCC1. The van der Waals surface area contributed by atoms with Crippen molar-refractivity contribution in [1.29, 1.82) is 0 Å². The largest absolute Gasteiger partial charge is 0.394 e. The summed E-state index contributed by atoms with van der Waals surface area (Å²) in [6.45, 7) is 2.08. The van der Waals surface area contributed by atoms with Crippen LogP contribution in [0.3, 0.4) is 0 Å². The third kappa shape index (κ3) is 2.17. The van der Waals surface area contributed by atoms with Gasteiger partial charge in [0.15, 0.2) is 0 Å². The Hall–Kier alpha value is -0.0800. The van der Waals surface area contributed by atoms with Crippen LogP contribution in [0.5, 0.6) is 0 Å². The van der Waals surface area contributed by atoms with E-state index in [1.54, 1.807) is 0 Å². The summed E-state index contributed by atoms with van der Waals surface area (Å²) in [4.78, 5) is 0. The molecule has 0 amide bonds. The minimum absolute atomic E-state index is 0.123. The lowest BCUT2D eigenvalue weighted by molar-refractivity contribution is 0.128. The lowest BCUT2D eigenvalue weighted by Gasteiger charge is -2.35. The van der Waals surface area contributed by atoms with Crippen LogP contribution in [0.2, 0.25) is 0 Å². The maximum atomic E-state index is 9.02. The number of aliphatic hydroxyl groups is 1.